The Morgan fingerprint density at radius 2 is 1.85 bits per heavy atom. The van der Waals surface area contributed by atoms with Crippen LogP contribution in [0.1, 0.15) is 23.0 Å². The van der Waals surface area contributed by atoms with Gasteiger partial charge >= 0.3 is 0 Å². The third-order valence-electron chi connectivity index (χ3n) is 3.24. The van der Waals surface area contributed by atoms with Crippen LogP contribution in [0.5, 0.6) is 0 Å². The van der Waals surface area contributed by atoms with Crippen LogP contribution in [-0.2, 0) is 0 Å². The molecular weight excluding hydrogens is 262 g/mol. The molecule has 0 fully saturated rings. The second kappa shape index (κ2) is 4.72. The number of halogens is 2. The number of aliphatic hydroxyl groups excluding tert-OH is 1. The van der Waals surface area contributed by atoms with E-state index in [0.29, 0.717) is 5.39 Å². The van der Waals surface area contributed by atoms with E-state index in [1.807, 2.05) is 0 Å². The Morgan fingerprint density at radius 3 is 2.55 bits per heavy atom. The minimum Gasteiger partial charge on any atom is -0.455 e. The molecule has 1 unspecified atom stereocenters. The lowest BCUT2D eigenvalue weighted by atomic mass is 10.0. The van der Waals surface area contributed by atoms with E-state index in [-0.39, 0.29) is 16.9 Å². The van der Waals surface area contributed by atoms with Crippen molar-refractivity contribution in [3.63, 3.8) is 0 Å². The van der Waals surface area contributed by atoms with E-state index in [9.17, 15) is 13.9 Å². The van der Waals surface area contributed by atoms with Crippen LogP contribution in [0, 0.1) is 18.6 Å². The average Bonchev–Trinajstić information content (AvgIpc) is 2.83. The second-order valence-electron chi connectivity index (χ2n) is 4.73. The Balaban J connectivity index is 2.08. The first-order valence-electron chi connectivity index (χ1n) is 6.18. The van der Waals surface area contributed by atoms with Crippen LogP contribution >= 0.6 is 0 Å². The molecule has 2 nitrogen and oxygen atoms in total. The first kappa shape index (κ1) is 12.8. The summed E-state index contributed by atoms with van der Waals surface area (Å²) in [6.07, 6.45) is -1.26. The van der Waals surface area contributed by atoms with Gasteiger partial charge in [-0.3, -0.25) is 0 Å². The largest absolute Gasteiger partial charge is 0.455 e. The molecule has 102 valence electrons. The minimum atomic E-state index is -1.26. The summed E-state index contributed by atoms with van der Waals surface area (Å²) in [5, 5.41) is 10.7. The van der Waals surface area contributed by atoms with Gasteiger partial charge in [0.2, 0.25) is 0 Å². The number of para-hydroxylation sites is 1. The monoisotopic (exact) mass is 274 g/mol. The summed E-state index contributed by atoms with van der Waals surface area (Å²) >= 11 is 0. The van der Waals surface area contributed by atoms with Crippen molar-refractivity contribution in [3.05, 3.63) is 71.0 Å². The van der Waals surface area contributed by atoms with E-state index in [2.05, 4.69) is 0 Å². The molecule has 3 aromatic rings. The number of rotatable bonds is 2. The molecule has 1 N–H and O–H groups in total. The van der Waals surface area contributed by atoms with E-state index in [0.717, 1.165) is 5.56 Å². The summed E-state index contributed by atoms with van der Waals surface area (Å²) in [6, 6.07) is 10.5. The van der Waals surface area contributed by atoms with E-state index < -0.39 is 17.7 Å². The molecule has 0 saturated heterocycles. The van der Waals surface area contributed by atoms with Gasteiger partial charge in [0.1, 0.15) is 17.7 Å². The molecule has 0 aliphatic rings. The van der Waals surface area contributed by atoms with Crippen molar-refractivity contribution in [2.75, 3.05) is 0 Å². The lowest BCUT2D eigenvalue weighted by Gasteiger charge is -2.09. The van der Waals surface area contributed by atoms with Crippen LogP contribution in [0.15, 0.2) is 46.9 Å². The number of fused-ring (bicyclic) bond motifs is 1. The first-order valence-corrected chi connectivity index (χ1v) is 6.18. The molecule has 1 aromatic heterocycles. The molecule has 1 atom stereocenters. The van der Waals surface area contributed by atoms with Crippen molar-refractivity contribution in [2.45, 2.75) is 13.0 Å². The molecule has 0 bridgehead atoms. The minimum absolute atomic E-state index is 0.0640. The topological polar surface area (TPSA) is 33.4 Å². The third kappa shape index (κ3) is 2.08. The lowest BCUT2D eigenvalue weighted by Crippen LogP contribution is -2.01. The highest BCUT2D eigenvalue weighted by molar-refractivity contribution is 5.78. The zero-order chi connectivity index (χ0) is 14.3. The Bertz CT molecular complexity index is 777. The van der Waals surface area contributed by atoms with Crippen LogP contribution in [0.4, 0.5) is 8.78 Å². The SMILES string of the molecule is Cc1ccc(C(O)c2cc3cccc(F)c3o2)c(F)c1. The highest BCUT2D eigenvalue weighted by Crippen LogP contribution is 2.30. The molecule has 20 heavy (non-hydrogen) atoms. The third-order valence-corrected chi connectivity index (χ3v) is 3.24. The van der Waals surface area contributed by atoms with Crippen molar-refractivity contribution in [2.24, 2.45) is 0 Å². The molecule has 0 spiro atoms. The highest BCUT2D eigenvalue weighted by atomic mass is 19.1. The van der Waals surface area contributed by atoms with Crippen LogP contribution in [0.3, 0.4) is 0 Å². The van der Waals surface area contributed by atoms with Crippen LogP contribution in [-0.4, -0.2) is 5.11 Å². The van der Waals surface area contributed by atoms with E-state index in [1.165, 1.54) is 24.3 Å². The van der Waals surface area contributed by atoms with Gasteiger partial charge in [0, 0.05) is 10.9 Å². The Morgan fingerprint density at radius 1 is 1.05 bits per heavy atom. The molecule has 2 aromatic carbocycles. The maximum absolute atomic E-state index is 13.8. The predicted octanol–water partition coefficient (Wildman–Crippen LogP) is 4.10. The maximum atomic E-state index is 13.8. The summed E-state index contributed by atoms with van der Waals surface area (Å²) in [5.41, 5.74) is 0.929. The van der Waals surface area contributed by atoms with Crippen molar-refractivity contribution < 1.29 is 18.3 Å². The first-order chi connectivity index (χ1) is 9.56. The van der Waals surface area contributed by atoms with Crippen molar-refractivity contribution in [3.8, 4) is 0 Å². The van der Waals surface area contributed by atoms with Gasteiger partial charge in [0.25, 0.3) is 0 Å². The zero-order valence-electron chi connectivity index (χ0n) is 10.7. The van der Waals surface area contributed by atoms with Gasteiger partial charge in [-0.2, -0.15) is 0 Å². The van der Waals surface area contributed by atoms with Crippen LogP contribution < -0.4 is 0 Å². The molecule has 3 rings (SSSR count). The molecule has 0 aliphatic carbocycles. The molecule has 0 saturated carbocycles. The van der Waals surface area contributed by atoms with E-state index >= 15 is 0 Å². The number of aliphatic hydroxyl groups is 1. The molecule has 0 amide bonds. The standard InChI is InChI=1S/C16H12F2O2/c1-9-5-6-11(13(18)7-9)15(19)14-8-10-3-2-4-12(17)16(10)20-14/h2-8,15,19H,1H3. The number of hydrogen-bond acceptors (Lipinski definition) is 2. The number of furan rings is 1. The van der Waals surface area contributed by atoms with Gasteiger partial charge in [0.05, 0.1) is 0 Å². The number of aryl methyl sites for hydroxylation is 1. The van der Waals surface area contributed by atoms with Gasteiger partial charge in [-0.15, -0.1) is 0 Å². The summed E-state index contributed by atoms with van der Waals surface area (Å²) in [4.78, 5) is 0. The average molecular weight is 274 g/mol. The Kier molecular flexibility index (Phi) is 3.03. The summed E-state index contributed by atoms with van der Waals surface area (Å²) in [6.45, 7) is 1.76. The van der Waals surface area contributed by atoms with E-state index in [4.69, 9.17) is 4.42 Å². The molecule has 4 heteroatoms. The smallest absolute Gasteiger partial charge is 0.170 e. The molecular formula is C16H12F2O2. The zero-order valence-corrected chi connectivity index (χ0v) is 10.7. The van der Waals surface area contributed by atoms with Gasteiger partial charge < -0.3 is 9.52 Å². The summed E-state index contributed by atoms with van der Waals surface area (Å²) in [5.74, 6) is -0.906. The van der Waals surface area contributed by atoms with Crippen LogP contribution in [0.25, 0.3) is 11.0 Å². The summed E-state index contributed by atoms with van der Waals surface area (Å²) in [7, 11) is 0. The molecule has 1 heterocycles. The fourth-order valence-corrected chi connectivity index (χ4v) is 2.19. The van der Waals surface area contributed by atoms with Crippen molar-refractivity contribution in [1.82, 2.24) is 0 Å². The van der Waals surface area contributed by atoms with E-state index in [1.54, 1.807) is 25.1 Å². The highest BCUT2D eigenvalue weighted by Gasteiger charge is 2.20. The van der Waals surface area contributed by atoms with Crippen molar-refractivity contribution >= 4 is 11.0 Å². The second-order valence-corrected chi connectivity index (χ2v) is 4.73. The van der Waals surface area contributed by atoms with Gasteiger partial charge in [-0.25, -0.2) is 8.78 Å². The van der Waals surface area contributed by atoms with Crippen molar-refractivity contribution in [1.29, 1.82) is 0 Å². The Labute approximate surface area is 114 Å². The number of hydrogen-bond donors (Lipinski definition) is 1. The normalized spacial score (nSPS) is 12.8. The Hall–Kier alpha value is -2.20. The predicted molar refractivity (Wildman–Crippen MR) is 71.4 cm³/mol. The molecule has 0 radical (unpaired) electrons. The quantitative estimate of drug-likeness (QED) is 0.763. The number of benzene rings is 2. The van der Waals surface area contributed by atoms with Gasteiger partial charge in [-0.05, 0) is 30.7 Å². The van der Waals surface area contributed by atoms with Gasteiger partial charge in [0.15, 0.2) is 11.4 Å². The van der Waals surface area contributed by atoms with Crippen LogP contribution in [0.2, 0.25) is 0 Å². The fraction of sp³-hybridized carbons (Fsp3) is 0.125. The lowest BCUT2D eigenvalue weighted by molar-refractivity contribution is 0.187. The maximum Gasteiger partial charge on any atom is 0.170 e. The summed E-state index contributed by atoms with van der Waals surface area (Å²) < 4.78 is 32.7. The fourth-order valence-electron chi connectivity index (χ4n) is 2.19. The molecule has 0 aliphatic heterocycles. The van der Waals surface area contributed by atoms with Gasteiger partial charge in [-0.1, -0.05) is 24.3 Å².